The molecule has 2 aromatic carbocycles. The molecule has 8 heteroatoms. The Bertz CT molecular complexity index is 1150. The van der Waals surface area contributed by atoms with Crippen molar-refractivity contribution in [1.82, 2.24) is 10.3 Å². The highest BCUT2D eigenvalue weighted by Crippen LogP contribution is 2.34. The van der Waals surface area contributed by atoms with Gasteiger partial charge in [-0.05, 0) is 48.7 Å². The van der Waals surface area contributed by atoms with Gasteiger partial charge in [0.2, 0.25) is 5.91 Å². The zero-order chi connectivity index (χ0) is 25.4. The zero-order valence-corrected chi connectivity index (χ0v) is 20.5. The molecule has 0 aliphatic rings. The predicted octanol–water partition coefficient (Wildman–Crippen LogP) is 5.01. The topological polar surface area (TPSA) is 104 Å². The Morgan fingerprint density at radius 1 is 1.09 bits per heavy atom. The lowest BCUT2D eigenvalue weighted by Gasteiger charge is -2.20. The third-order valence-electron chi connectivity index (χ3n) is 5.70. The fourth-order valence-electron chi connectivity index (χ4n) is 3.91. The first-order valence-electron chi connectivity index (χ1n) is 11.5. The number of nitrogens with one attached hydrogen (secondary N) is 2. The summed E-state index contributed by atoms with van der Waals surface area (Å²) >= 11 is 0. The summed E-state index contributed by atoms with van der Waals surface area (Å²) in [5.41, 5.74) is 3.64. The second-order valence-electron chi connectivity index (χ2n) is 8.64. The summed E-state index contributed by atoms with van der Waals surface area (Å²) in [4.78, 5) is 30.0. The van der Waals surface area contributed by atoms with Crippen LogP contribution in [-0.2, 0) is 11.3 Å². The van der Waals surface area contributed by atoms with E-state index in [9.17, 15) is 9.59 Å². The summed E-state index contributed by atoms with van der Waals surface area (Å²) < 4.78 is 5.63. The highest BCUT2D eigenvalue weighted by Gasteiger charge is 2.18. The van der Waals surface area contributed by atoms with Gasteiger partial charge >= 0.3 is 6.09 Å². The summed E-state index contributed by atoms with van der Waals surface area (Å²) in [6.45, 7) is 4.24. The maximum Gasteiger partial charge on any atom is 0.404 e. The van der Waals surface area contributed by atoms with E-state index in [2.05, 4.69) is 32.7 Å². The quantitative estimate of drug-likeness (QED) is 0.380. The van der Waals surface area contributed by atoms with Crippen molar-refractivity contribution in [2.24, 2.45) is 5.92 Å². The molecule has 1 aromatic heterocycles. The summed E-state index contributed by atoms with van der Waals surface area (Å²) in [5, 5.41) is 14.1. The van der Waals surface area contributed by atoms with Crippen molar-refractivity contribution in [3.8, 4) is 16.9 Å². The molecule has 0 spiro atoms. The second-order valence-corrected chi connectivity index (χ2v) is 8.64. The van der Waals surface area contributed by atoms with Crippen molar-refractivity contribution in [2.45, 2.75) is 32.9 Å². The van der Waals surface area contributed by atoms with Gasteiger partial charge in [0.15, 0.2) is 0 Å². The Morgan fingerprint density at radius 3 is 2.51 bits per heavy atom. The van der Waals surface area contributed by atoms with Gasteiger partial charge in [-0.2, -0.15) is 0 Å². The number of pyridine rings is 1. The van der Waals surface area contributed by atoms with E-state index in [-0.39, 0.29) is 17.9 Å². The monoisotopic (exact) mass is 476 g/mol. The summed E-state index contributed by atoms with van der Waals surface area (Å²) in [6.07, 6.45) is 1.06. The van der Waals surface area contributed by atoms with Crippen LogP contribution in [-0.4, -0.2) is 42.3 Å². The minimum atomic E-state index is -1.10. The van der Waals surface area contributed by atoms with Crippen molar-refractivity contribution in [1.29, 1.82) is 0 Å². The average molecular weight is 477 g/mol. The summed E-state index contributed by atoms with van der Waals surface area (Å²) in [6, 6.07) is 19.3. The standard InChI is InChI=1S/C27H32N4O4/c1-18(14-19(2)29-27(33)34)26(32)30-22-10-11-23(24(16-22)35-4)21-12-13-28-25(15-21)31(3)17-20-8-6-5-7-9-20/h5-13,15-16,18-19,29H,14,17H2,1-4H3,(H,30,32)(H,33,34). The first-order chi connectivity index (χ1) is 16.8. The lowest BCUT2D eigenvalue weighted by molar-refractivity contribution is -0.119. The van der Waals surface area contributed by atoms with Gasteiger partial charge in [-0.25, -0.2) is 9.78 Å². The van der Waals surface area contributed by atoms with E-state index in [1.165, 1.54) is 5.56 Å². The number of amides is 2. The molecule has 0 saturated carbocycles. The molecule has 2 amide bonds. The van der Waals surface area contributed by atoms with E-state index in [0.29, 0.717) is 17.9 Å². The molecule has 0 aliphatic carbocycles. The first-order valence-corrected chi connectivity index (χ1v) is 11.5. The zero-order valence-electron chi connectivity index (χ0n) is 20.5. The van der Waals surface area contributed by atoms with Crippen LogP contribution >= 0.6 is 0 Å². The number of rotatable bonds is 10. The molecule has 0 saturated heterocycles. The number of ether oxygens (including phenoxy) is 1. The smallest absolute Gasteiger partial charge is 0.404 e. The van der Waals surface area contributed by atoms with Crippen LogP contribution in [0.4, 0.5) is 16.3 Å². The molecule has 2 atom stereocenters. The predicted molar refractivity (Wildman–Crippen MR) is 138 cm³/mol. The van der Waals surface area contributed by atoms with Crippen molar-refractivity contribution in [3.05, 3.63) is 72.4 Å². The SMILES string of the molecule is COc1cc(NC(=O)C(C)CC(C)NC(=O)O)ccc1-c1ccnc(N(C)Cc2ccccc2)c1. The van der Waals surface area contributed by atoms with Gasteiger partial charge in [0.1, 0.15) is 11.6 Å². The van der Waals surface area contributed by atoms with E-state index in [0.717, 1.165) is 23.5 Å². The van der Waals surface area contributed by atoms with Gasteiger partial charge in [-0.15, -0.1) is 0 Å². The van der Waals surface area contributed by atoms with Gasteiger partial charge in [-0.3, -0.25) is 4.79 Å². The number of hydrogen-bond donors (Lipinski definition) is 3. The van der Waals surface area contributed by atoms with E-state index < -0.39 is 6.09 Å². The van der Waals surface area contributed by atoms with E-state index >= 15 is 0 Å². The van der Waals surface area contributed by atoms with E-state index in [4.69, 9.17) is 9.84 Å². The molecule has 3 rings (SSSR count). The molecule has 8 nitrogen and oxygen atoms in total. The fourth-order valence-corrected chi connectivity index (χ4v) is 3.91. The molecule has 0 radical (unpaired) electrons. The molecule has 0 aliphatic heterocycles. The van der Waals surface area contributed by atoms with Crippen molar-refractivity contribution in [3.63, 3.8) is 0 Å². The number of nitrogens with zero attached hydrogens (tertiary/aromatic N) is 2. The van der Waals surface area contributed by atoms with Gasteiger partial charge in [0.25, 0.3) is 0 Å². The van der Waals surface area contributed by atoms with Crippen LogP contribution in [0.15, 0.2) is 66.9 Å². The molecule has 0 fully saturated rings. The van der Waals surface area contributed by atoms with Gasteiger partial charge < -0.3 is 25.4 Å². The van der Waals surface area contributed by atoms with Crippen molar-refractivity contribution in [2.75, 3.05) is 24.4 Å². The maximum absolute atomic E-state index is 12.6. The Labute approximate surface area is 206 Å². The van der Waals surface area contributed by atoms with Gasteiger partial charge in [-0.1, -0.05) is 37.3 Å². The molecule has 0 bridgehead atoms. The number of carbonyl (C=O) groups excluding carboxylic acids is 1. The van der Waals surface area contributed by atoms with Gasteiger partial charge in [0.05, 0.1) is 7.11 Å². The normalized spacial score (nSPS) is 12.3. The fraction of sp³-hybridized carbons (Fsp3) is 0.296. The minimum Gasteiger partial charge on any atom is -0.496 e. The minimum absolute atomic E-state index is 0.187. The van der Waals surface area contributed by atoms with E-state index in [1.54, 1.807) is 33.2 Å². The largest absolute Gasteiger partial charge is 0.496 e. The highest BCUT2D eigenvalue weighted by molar-refractivity contribution is 5.93. The first kappa shape index (κ1) is 25.6. The Morgan fingerprint density at radius 2 is 1.83 bits per heavy atom. The molecule has 2 unspecified atom stereocenters. The van der Waals surface area contributed by atoms with Crippen LogP contribution in [0.5, 0.6) is 5.75 Å². The lowest BCUT2D eigenvalue weighted by atomic mass is 10.0. The molecule has 184 valence electrons. The molecule has 3 N–H and O–H groups in total. The molecule has 1 heterocycles. The molecule has 3 aromatic rings. The van der Waals surface area contributed by atoms with Crippen LogP contribution < -0.4 is 20.3 Å². The third-order valence-corrected chi connectivity index (χ3v) is 5.70. The van der Waals surface area contributed by atoms with Crippen LogP contribution in [0.25, 0.3) is 11.1 Å². The summed E-state index contributed by atoms with van der Waals surface area (Å²) in [7, 11) is 3.60. The van der Waals surface area contributed by atoms with Gasteiger partial charge in [0, 0.05) is 49.1 Å². The van der Waals surface area contributed by atoms with E-state index in [1.807, 2.05) is 49.5 Å². The van der Waals surface area contributed by atoms with Crippen LogP contribution in [0.2, 0.25) is 0 Å². The maximum atomic E-state index is 12.6. The van der Waals surface area contributed by atoms with Crippen LogP contribution in [0.3, 0.4) is 0 Å². The van der Waals surface area contributed by atoms with Crippen LogP contribution in [0.1, 0.15) is 25.8 Å². The molecular formula is C27H32N4O4. The number of methoxy groups -OCH3 is 1. The van der Waals surface area contributed by atoms with Crippen molar-refractivity contribution < 1.29 is 19.4 Å². The third kappa shape index (κ3) is 7.20. The van der Waals surface area contributed by atoms with Crippen LogP contribution in [0, 0.1) is 5.92 Å². The number of carbonyl (C=O) groups is 2. The van der Waals surface area contributed by atoms with Crippen molar-refractivity contribution >= 4 is 23.5 Å². The highest BCUT2D eigenvalue weighted by atomic mass is 16.5. The number of benzene rings is 2. The lowest BCUT2D eigenvalue weighted by Crippen LogP contribution is -2.34. The average Bonchev–Trinajstić information content (AvgIpc) is 2.84. The Kier molecular flexibility index (Phi) is 8.67. The molecule has 35 heavy (non-hydrogen) atoms. The second kappa shape index (κ2) is 11.9. The number of aromatic nitrogens is 1. The summed E-state index contributed by atoms with van der Waals surface area (Å²) in [5.74, 6) is 0.904. The number of carboxylic acid groups (broad SMARTS) is 1. The number of anilines is 2. The number of hydrogen-bond acceptors (Lipinski definition) is 5. The molecular weight excluding hydrogens is 444 g/mol. The Balaban J connectivity index is 1.73. The Hall–Kier alpha value is -4.07.